The Hall–Kier alpha value is -3.75. The minimum atomic E-state index is -1.81. The molecule has 0 aliphatic heterocycles. The number of carboxylic acid groups (broad SMARTS) is 3. The number of carbonyl (C=O) groups excluding carboxylic acids is 4. The van der Waals surface area contributed by atoms with Gasteiger partial charge in [0, 0.05) is 6.42 Å². The van der Waals surface area contributed by atoms with E-state index in [2.05, 4.69) is 5.32 Å². The van der Waals surface area contributed by atoms with E-state index in [1.54, 1.807) is 13.8 Å². The minimum absolute atomic E-state index is 0.276. The number of primary amides is 1. The predicted octanol–water partition coefficient (Wildman–Crippen LogP) is -2.89. The van der Waals surface area contributed by atoms with E-state index in [9.17, 15) is 33.6 Å². The molecule has 0 radical (unpaired) electrons. The van der Waals surface area contributed by atoms with E-state index in [0.717, 1.165) is 0 Å². The number of carbonyl (C=O) groups is 7. The molecular weight excluding hydrogens is 458 g/mol. The number of aliphatic carboxylic acids is 3. The smallest absolute Gasteiger partial charge is 0.326 e. The van der Waals surface area contributed by atoms with Crippen molar-refractivity contribution in [3.8, 4) is 0 Å². The second-order valence-corrected chi connectivity index (χ2v) is 7.63. The van der Waals surface area contributed by atoms with Gasteiger partial charge in [-0.15, -0.1) is 0 Å². The van der Waals surface area contributed by atoms with E-state index in [0.29, 0.717) is 6.42 Å². The molecule has 0 aromatic rings. The van der Waals surface area contributed by atoms with E-state index in [4.69, 9.17) is 26.8 Å². The van der Waals surface area contributed by atoms with Crippen molar-refractivity contribution in [3.05, 3.63) is 0 Å². The summed E-state index contributed by atoms with van der Waals surface area (Å²) in [6, 6.07) is -6.11. The summed E-state index contributed by atoms with van der Waals surface area (Å²) in [5.41, 5.74) is 10.9. The second kappa shape index (κ2) is 14.4. The van der Waals surface area contributed by atoms with Crippen LogP contribution in [0.5, 0.6) is 0 Å². The van der Waals surface area contributed by atoms with Crippen molar-refractivity contribution in [2.24, 2.45) is 17.4 Å². The quantitative estimate of drug-likeness (QED) is 0.109. The highest BCUT2D eigenvalue weighted by Gasteiger charge is 2.33. The van der Waals surface area contributed by atoms with Gasteiger partial charge in [0.25, 0.3) is 0 Å². The molecular formula is C19H31N5O10. The third-order valence-corrected chi connectivity index (χ3v) is 4.87. The summed E-state index contributed by atoms with van der Waals surface area (Å²) < 4.78 is 0. The summed E-state index contributed by atoms with van der Waals surface area (Å²) in [6.45, 7) is 3.46. The van der Waals surface area contributed by atoms with Crippen molar-refractivity contribution >= 4 is 41.5 Å². The van der Waals surface area contributed by atoms with Gasteiger partial charge in [-0.05, 0) is 12.3 Å². The normalized spacial score (nSPS) is 15.0. The van der Waals surface area contributed by atoms with Gasteiger partial charge in [-0.1, -0.05) is 20.3 Å². The maximum Gasteiger partial charge on any atom is 0.326 e. The topological polar surface area (TPSA) is 268 Å². The molecule has 0 aliphatic carbocycles. The summed E-state index contributed by atoms with van der Waals surface area (Å²) in [4.78, 5) is 82.0. The molecule has 0 bridgehead atoms. The molecule has 5 unspecified atom stereocenters. The third kappa shape index (κ3) is 11.2. The fourth-order valence-corrected chi connectivity index (χ4v) is 2.64. The average molecular weight is 489 g/mol. The van der Waals surface area contributed by atoms with Gasteiger partial charge in [-0.2, -0.15) is 0 Å². The van der Waals surface area contributed by atoms with Gasteiger partial charge in [0.2, 0.25) is 23.6 Å². The zero-order chi connectivity index (χ0) is 26.6. The fraction of sp³-hybridized carbons (Fsp3) is 0.632. The Bertz CT molecular complexity index is 802. The first-order chi connectivity index (χ1) is 15.7. The molecule has 34 heavy (non-hydrogen) atoms. The highest BCUT2D eigenvalue weighted by atomic mass is 16.4. The summed E-state index contributed by atoms with van der Waals surface area (Å²) in [5, 5.41) is 33.2. The molecule has 0 saturated heterocycles. The van der Waals surface area contributed by atoms with Crippen LogP contribution < -0.4 is 27.4 Å². The number of carboxylic acids is 3. The maximum atomic E-state index is 12.7. The Morgan fingerprint density at radius 2 is 1.24 bits per heavy atom. The van der Waals surface area contributed by atoms with Gasteiger partial charge in [-0.25, -0.2) is 4.79 Å². The lowest BCUT2D eigenvalue weighted by molar-refractivity contribution is -0.144. The maximum absolute atomic E-state index is 12.7. The fourth-order valence-electron chi connectivity index (χ4n) is 2.64. The van der Waals surface area contributed by atoms with E-state index in [1.807, 2.05) is 10.6 Å². The molecule has 0 saturated carbocycles. The molecule has 192 valence electrons. The molecule has 0 aromatic heterocycles. The number of hydrogen-bond donors (Lipinski definition) is 8. The van der Waals surface area contributed by atoms with Crippen molar-refractivity contribution in [2.75, 3.05) is 0 Å². The summed E-state index contributed by atoms with van der Waals surface area (Å²) >= 11 is 0. The van der Waals surface area contributed by atoms with Crippen molar-refractivity contribution in [2.45, 2.75) is 70.1 Å². The first kappa shape index (κ1) is 30.2. The molecule has 0 fully saturated rings. The van der Waals surface area contributed by atoms with Gasteiger partial charge < -0.3 is 42.7 Å². The highest BCUT2D eigenvalue weighted by molar-refractivity contribution is 5.97. The number of hydrogen-bond acceptors (Lipinski definition) is 8. The molecule has 0 aliphatic rings. The second-order valence-electron chi connectivity index (χ2n) is 7.63. The van der Waals surface area contributed by atoms with Crippen molar-refractivity contribution < 1.29 is 48.9 Å². The number of nitrogens with two attached hydrogens (primary N) is 2. The SMILES string of the molecule is CCC(C)C(N)C(=O)NC(CC(N)=O)C(=O)NC(CC(=O)O)C(=O)NC(CCC(=O)O)C(=O)O. The van der Waals surface area contributed by atoms with E-state index < -0.39 is 91.4 Å². The molecule has 0 spiro atoms. The monoisotopic (exact) mass is 489 g/mol. The Kier molecular flexibility index (Phi) is 12.8. The molecule has 5 atom stereocenters. The van der Waals surface area contributed by atoms with Gasteiger partial charge in [0.15, 0.2) is 0 Å². The van der Waals surface area contributed by atoms with Crippen LogP contribution in [-0.4, -0.2) is 81.0 Å². The number of amides is 4. The Balaban J connectivity index is 5.58. The zero-order valence-corrected chi connectivity index (χ0v) is 18.8. The van der Waals surface area contributed by atoms with E-state index in [1.165, 1.54) is 0 Å². The van der Waals surface area contributed by atoms with Crippen LogP contribution in [0.15, 0.2) is 0 Å². The third-order valence-electron chi connectivity index (χ3n) is 4.87. The zero-order valence-electron chi connectivity index (χ0n) is 18.8. The highest BCUT2D eigenvalue weighted by Crippen LogP contribution is 2.07. The van der Waals surface area contributed by atoms with Gasteiger partial charge in [0.1, 0.15) is 18.1 Å². The van der Waals surface area contributed by atoms with Crippen LogP contribution in [0.3, 0.4) is 0 Å². The van der Waals surface area contributed by atoms with Crippen LogP contribution in [0, 0.1) is 5.92 Å². The van der Waals surface area contributed by atoms with E-state index >= 15 is 0 Å². The molecule has 0 heterocycles. The Morgan fingerprint density at radius 1 is 0.765 bits per heavy atom. The van der Waals surface area contributed by atoms with E-state index in [-0.39, 0.29) is 5.92 Å². The van der Waals surface area contributed by atoms with Crippen LogP contribution >= 0.6 is 0 Å². The molecule has 4 amide bonds. The molecule has 0 rings (SSSR count). The minimum Gasteiger partial charge on any atom is -0.481 e. The van der Waals surface area contributed by atoms with Crippen molar-refractivity contribution in [1.29, 1.82) is 0 Å². The number of rotatable bonds is 16. The van der Waals surface area contributed by atoms with Crippen molar-refractivity contribution in [3.63, 3.8) is 0 Å². The summed E-state index contributed by atoms with van der Waals surface area (Å²) in [6.07, 6.45) is -2.24. The standard InChI is InChI=1S/C19H31N5O10/c1-3-8(2)15(21)18(32)24-10(6-12(20)25)16(30)23-11(7-14(28)29)17(31)22-9(19(33)34)4-5-13(26)27/h8-11,15H,3-7,21H2,1-2H3,(H2,20,25)(H,22,31)(H,23,30)(H,24,32)(H,26,27)(H,28,29)(H,33,34). The summed E-state index contributed by atoms with van der Waals surface area (Å²) in [5.74, 6) is -8.85. The lowest BCUT2D eigenvalue weighted by Gasteiger charge is -2.25. The van der Waals surface area contributed by atoms with Crippen molar-refractivity contribution in [1.82, 2.24) is 16.0 Å². The van der Waals surface area contributed by atoms with Crippen LogP contribution in [-0.2, 0) is 33.6 Å². The Labute approximate surface area is 194 Å². The largest absolute Gasteiger partial charge is 0.481 e. The molecule has 15 nitrogen and oxygen atoms in total. The molecule has 0 aromatic carbocycles. The molecule has 10 N–H and O–H groups in total. The summed E-state index contributed by atoms with van der Waals surface area (Å²) in [7, 11) is 0. The van der Waals surface area contributed by atoms with Crippen LogP contribution in [0.4, 0.5) is 0 Å². The predicted molar refractivity (Wildman–Crippen MR) is 114 cm³/mol. The number of nitrogens with one attached hydrogen (secondary N) is 3. The average Bonchev–Trinajstić information content (AvgIpc) is 2.73. The Morgan fingerprint density at radius 3 is 1.65 bits per heavy atom. The van der Waals surface area contributed by atoms with Crippen LogP contribution in [0.1, 0.15) is 46.0 Å². The van der Waals surface area contributed by atoms with Crippen LogP contribution in [0.25, 0.3) is 0 Å². The first-order valence-corrected chi connectivity index (χ1v) is 10.3. The lowest BCUT2D eigenvalue weighted by atomic mass is 9.99. The molecule has 15 heteroatoms. The lowest BCUT2D eigenvalue weighted by Crippen LogP contribution is -2.58. The van der Waals surface area contributed by atoms with Gasteiger partial charge in [-0.3, -0.25) is 28.8 Å². The van der Waals surface area contributed by atoms with Gasteiger partial charge >= 0.3 is 17.9 Å². The van der Waals surface area contributed by atoms with Crippen LogP contribution in [0.2, 0.25) is 0 Å². The van der Waals surface area contributed by atoms with Gasteiger partial charge in [0.05, 0.1) is 18.9 Å². The first-order valence-electron chi connectivity index (χ1n) is 10.3.